The molecule has 116 valence electrons. The SMILES string of the molecule is CN=C(NCC(=O)NC1CC1)N(C)Cc1cc(Br)cn1C. The van der Waals surface area contributed by atoms with E-state index in [1.807, 2.05) is 25.2 Å². The number of aryl methyl sites for hydroxylation is 1. The van der Waals surface area contributed by atoms with Crippen molar-refractivity contribution in [3.05, 3.63) is 22.4 Å². The molecule has 0 aliphatic heterocycles. The lowest BCUT2D eigenvalue weighted by atomic mass is 10.4. The van der Waals surface area contributed by atoms with Gasteiger partial charge in [0.1, 0.15) is 0 Å². The van der Waals surface area contributed by atoms with Gasteiger partial charge < -0.3 is 20.1 Å². The molecule has 7 heteroatoms. The number of aliphatic imine (C=N–C) groups is 1. The monoisotopic (exact) mass is 355 g/mol. The minimum Gasteiger partial charge on any atom is -0.352 e. The fourth-order valence-corrected chi connectivity index (χ4v) is 2.66. The predicted octanol–water partition coefficient (Wildman–Crippen LogP) is 1.07. The van der Waals surface area contributed by atoms with Crippen LogP contribution in [0.4, 0.5) is 0 Å². The lowest BCUT2D eigenvalue weighted by Crippen LogP contribution is -2.44. The summed E-state index contributed by atoms with van der Waals surface area (Å²) in [6.07, 6.45) is 4.22. The van der Waals surface area contributed by atoms with Crippen LogP contribution in [0.3, 0.4) is 0 Å². The Morgan fingerprint density at radius 1 is 1.57 bits per heavy atom. The first-order chi connectivity index (χ1) is 9.99. The van der Waals surface area contributed by atoms with Crippen LogP contribution in [0.15, 0.2) is 21.7 Å². The van der Waals surface area contributed by atoms with Gasteiger partial charge in [0.15, 0.2) is 5.96 Å². The summed E-state index contributed by atoms with van der Waals surface area (Å²) < 4.78 is 3.12. The fourth-order valence-electron chi connectivity index (χ4n) is 2.09. The molecule has 0 aromatic carbocycles. The molecule has 21 heavy (non-hydrogen) atoms. The summed E-state index contributed by atoms with van der Waals surface area (Å²) in [6, 6.07) is 2.46. The Bertz CT molecular complexity index is 535. The zero-order chi connectivity index (χ0) is 15.4. The Morgan fingerprint density at radius 3 is 2.81 bits per heavy atom. The molecule has 1 aliphatic rings. The molecule has 2 rings (SSSR count). The number of nitrogens with zero attached hydrogens (tertiary/aromatic N) is 3. The average molecular weight is 356 g/mol. The van der Waals surface area contributed by atoms with Crippen molar-refractivity contribution < 1.29 is 4.79 Å². The zero-order valence-electron chi connectivity index (χ0n) is 12.7. The van der Waals surface area contributed by atoms with Crippen molar-refractivity contribution in [2.24, 2.45) is 12.0 Å². The number of amides is 1. The lowest BCUT2D eigenvalue weighted by Gasteiger charge is -2.22. The van der Waals surface area contributed by atoms with Crippen LogP contribution in [0.2, 0.25) is 0 Å². The molecule has 0 atom stereocenters. The van der Waals surface area contributed by atoms with E-state index in [0.717, 1.165) is 23.0 Å². The molecule has 0 saturated heterocycles. The number of hydrogen-bond donors (Lipinski definition) is 2. The summed E-state index contributed by atoms with van der Waals surface area (Å²) >= 11 is 3.47. The van der Waals surface area contributed by atoms with Crippen LogP contribution in [0, 0.1) is 0 Å². The van der Waals surface area contributed by atoms with E-state index in [4.69, 9.17) is 0 Å². The zero-order valence-corrected chi connectivity index (χ0v) is 14.3. The van der Waals surface area contributed by atoms with Gasteiger partial charge >= 0.3 is 0 Å². The van der Waals surface area contributed by atoms with Gasteiger partial charge in [0.25, 0.3) is 0 Å². The van der Waals surface area contributed by atoms with Gasteiger partial charge in [0.05, 0.1) is 13.1 Å². The summed E-state index contributed by atoms with van der Waals surface area (Å²) in [5, 5.41) is 6.04. The number of guanidine groups is 1. The standard InChI is InChI=1S/C14H22BrN5O/c1-16-14(17-7-13(21)18-11-4-5-11)20(3)9-12-6-10(15)8-19(12)2/h6,8,11H,4-5,7,9H2,1-3H3,(H,16,17)(H,18,21). The predicted molar refractivity (Wildman–Crippen MR) is 87.1 cm³/mol. The second-order valence-electron chi connectivity index (χ2n) is 5.36. The molecule has 1 heterocycles. The quantitative estimate of drug-likeness (QED) is 0.613. The highest BCUT2D eigenvalue weighted by atomic mass is 79.9. The van der Waals surface area contributed by atoms with Gasteiger partial charge in [-0.15, -0.1) is 0 Å². The molecule has 1 saturated carbocycles. The second-order valence-corrected chi connectivity index (χ2v) is 6.27. The number of aromatic nitrogens is 1. The molecule has 0 unspecified atom stereocenters. The van der Waals surface area contributed by atoms with Crippen LogP contribution in [-0.2, 0) is 18.4 Å². The summed E-state index contributed by atoms with van der Waals surface area (Å²) in [7, 11) is 5.68. The Hall–Kier alpha value is -1.50. The third kappa shape index (κ3) is 4.77. The van der Waals surface area contributed by atoms with Crippen LogP contribution in [-0.4, -0.2) is 48.0 Å². The number of carbonyl (C=O) groups excluding carboxylic acids is 1. The van der Waals surface area contributed by atoms with Gasteiger partial charge in [-0.05, 0) is 34.8 Å². The topological polar surface area (TPSA) is 61.7 Å². The minimum absolute atomic E-state index is 0.0219. The van der Waals surface area contributed by atoms with Gasteiger partial charge in [-0.2, -0.15) is 0 Å². The molecule has 1 amide bonds. The van der Waals surface area contributed by atoms with Crippen molar-refractivity contribution in [1.29, 1.82) is 0 Å². The molecule has 6 nitrogen and oxygen atoms in total. The van der Waals surface area contributed by atoms with Crippen molar-refractivity contribution in [2.75, 3.05) is 20.6 Å². The van der Waals surface area contributed by atoms with E-state index in [-0.39, 0.29) is 12.5 Å². The van der Waals surface area contributed by atoms with E-state index in [9.17, 15) is 4.79 Å². The van der Waals surface area contributed by atoms with Gasteiger partial charge in [-0.1, -0.05) is 0 Å². The summed E-state index contributed by atoms with van der Waals surface area (Å²) in [6.45, 7) is 0.969. The van der Waals surface area contributed by atoms with E-state index in [0.29, 0.717) is 18.5 Å². The Balaban J connectivity index is 1.84. The molecule has 0 radical (unpaired) electrons. The molecule has 2 N–H and O–H groups in total. The molecule has 1 aliphatic carbocycles. The molecular weight excluding hydrogens is 334 g/mol. The highest BCUT2D eigenvalue weighted by molar-refractivity contribution is 9.10. The Kier molecular flexibility index (Phi) is 5.27. The Morgan fingerprint density at radius 2 is 2.29 bits per heavy atom. The first-order valence-electron chi connectivity index (χ1n) is 7.01. The maximum atomic E-state index is 11.7. The molecule has 0 bridgehead atoms. The third-order valence-corrected chi connectivity index (χ3v) is 3.83. The van der Waals surface area contributed by atoms with Gasteiger partial charge in [0.2, 0.25) is 5.91 Å². The second kappa shape index (κ2) is 6.98. The van der Waals surface area contributed by atoms with Crippen molar-refractivity contribution in [2.45, 2.75) is 25.4 Å². The van der Waals surface area contributed by atoms with Crippen molar-refractivity contribution in [3.63, 3.8) is 0 Å². The van der Waals surface area contributed by atoms with Crippen LogP contribution >= 0.6 is 15.9 Å². The summed E-state index contributed by atoms with van der Waals surface area (Å²) in [5.74, 6) is 0.729. The fraction of sp³-hybridized carbons (Fsp3) is 0.571. The van der Waals surface area contributed by atoms with Crippen LogP contribution in [0.25, 0.3) is 0 Å². The summed E-state index contributed by atoms with van der Waals surface area (Å²) in [4.78, 5) is 17.9. The molecule has 1 aromatic rings. The number of halogens is 1. The average Bonchev–Trinajstić information content (AvgIpc) is 3.16. The van der Waals surface area contributed by atoms with Crippen LogP contribution in [0.1, 0.15) is 18.5 Å². The van der Waals surface area contributed by atoms with Gasteiger partial charge in [-0.25, -0.2) is 0 Å². The van der Waals surface area contributed by atoms with Gasteiger partial charge in [0, 0.05) is 43.5 Å². The van der Waals surface area contributed by atoms with Crippen molar-refractivity contribution >= 4 is 27.8 Å². The van der Waals surface area contributed by atoms with Gasteiger partial charge in [-0.3, -0.25) is 9.79 Å². The largest absolute Gasteiger partial charge is 0.352 e. The normalized spacial score (nSPS) is 15.0. The molecule has 1 fully saturated rings. The maximum absolute atomic E-state index is 11.7. The van der Waals surface area contributed by atoms with Crippen molar-refractivity contribution in [3.8, 4) is 0 Å². The van der Waals surface area contributed by atoms with E-state index in [1.165, 1.54) is 0 Å². The van der Waals surface area contributed by atoms with Crippen molar-refractivity contribution in [1.82, 2.24) is 20.1 Å². The Labute approximate surface area is 133 Å². The van der Waals surface area contributed by atoms with Crippen LogP contribution in [0.5, 0.6) is 0 Å². The smallest absolute Gasteiger partial charge is 0.239 e. The number of rotatable bonds is 5. The maximum Gasteiger partial charge on any atom is 0.239 e. The van der Waals surface area contributed by atoms with Crippen LogP contribution < -0.4 is 10.6 Å². The third-order valence-electron chi connectivity index (χ3n) is 3.40. The molecular formula is C14H22BrN5O. The number of carbonyl (C=O) groups is 1. The van der Waals surface area contributed by atoms with E-state index in [2.05, 4.69) is 42.2 Å². The minimum atomic E-state index is 0.0219. The summed E-state index contributed by atoms with van der Waals surface area (Å²) in [5.41, 5.74) is 1.16. The first kappa shape index (κ1) is 15.9. The lowest BCUT2D eigenvalue weighted by molar-refractivity contribution is -0.120. The molecule has 0 spiro atoms. The highest BCUT2D eigenvalue weighted by Gasteiger charge is 2.23. The van der Waals surface area contributed by atoms with E-state index in [1.54, 1.807) is 7.05 Å². The van der Waals surface area contributed by atoms with E-state index >= 15 is 0 Å². The number of hydrogen-bond acceptors (Lipinski definition) is 2. The highest BCUT2D eigenvalue weighted by Crippen LogP contribution is 2.18. The van der Waals surface area contributed by atoms with E-state index < -0.39 is 0 Å². The molecule has 1 aromatic heterocycles. The number of nitrogens with one attached hydrogen (secondary N) is 2. The first-order valence-corrected chi connectivity index (χ1v) is 7.80.